The molecule has 0 radical (unpaired) electrons. The van der Waals surface area contributed by atoms with Gasteiger partial charge in [0.25, 0.3) is 0 Å². The normalized spacial score (nSPS) is 21.5. The molecule has 1 saturated carbocycles. The van der Waals surface area contributed by atoms with Gasteiger partial charge in [-0.15, -0.1) is 11.3 Å². The highest BCUT2D eigenvalue weighted by Crippen LogP contribution is 2.52. The van der Waals surface area contributed by atoms with E-state index in [-0.39, 0.29) is 11.3 Å². The van der Waals surface area contributed by atoms with E-state index < -0.39 is 12.1 Å². The summed E-state index contributed by atoms with van der Waals surface area (Å²) in [5.74, 6) is -2.11. The molecule has 2 aliphatic carbocycles. The van der Waals surface area contributed by atoms with Gasteiger partial charge in [-0.25, -0.2) is 4.79 Å². The molecule has 1 aromatic heterocycles. The van der Waals surface area contributed by atoms with Gasteiger partial charge in [-0.3, -0.25) is 9.69 Å². The Labute approximate surface area is 207 Å². The maximum Gasteiger partial charge on any atom is 0.490 e. The van der Waals surface area contributed by atoms with Crippen LogP contribution in [0.15, 0.2) is 41.8 Å². The summed E-state index contributed by atoms with van der Waals surface area (Å²) in [5.41, 5.74) is 3.26. The fourth-order valence-electron chi connectivity index (χ4n) is 5.51. The Bertz CT molecular complexity index is 1010. The van der Waals surface area contributed by atoms with Crippen LogP contribution in [-0.2, 0) is 21.5 Å². The molecule has 2 aromatic rings. The molecule has 1 amide bonds. The lowest BCUT2D eigenvalue weighted by molar-refractivity contribution is -0.192. The Hall–Kier alpha value is -2.39. The van der Waals surface area contributed by atoms with Crippen LogP contribution in [0.25, 0.3) is 0 Å². The van der Waals surface area contributed by atoms with E-state index in [0.29, 0.717) is 18.4 Å². The first-order valence-corrected chi connectivity index (χ1v) is 13.0. The van der Waals surface area contributed by atoms with Crippen LogP contribution < -0.4 is 5.32 Å². The summed E-state index contributed by atoms with van der Waals surface area (Å²) >= 11 is 1.86. The average molecular weight is 509 g/mol. The van der Waals surface area contributed by atoms with E-state index in [0.717, 1.165) is 38.9 Å². The van der Waals surface area contributed by atoms with Gasteiger partial charge in [0.15, 0.2) is 0 Å². The third-order valence-corrected chi connectivity index (χ3v) is 8.39. The number of hydrogen-bond acceptors (Lipinski definition) is 4. The number of carbonyl (C=O) groups is 2. The van der Waals surface area contributed by atoms with Crippen molar-refractivity contribution in [1.82, 2.24) is 10.2 Å². The number of nitrogens with zero attached hydrogens (tertiary/aromatic N) is 1. The zero-order valence-electron chi connectivity index (χ0n) is 19.5. The Morgan fingerprint density at radius 3 is 2.37 bits per heavy atom. The molecule has 2 fully saturated rings. The van der Waals surface area contributed by atoms with E-state index in [1.807, 2.05) is 11.3 Å². The van der Waals surface area contributed by atoms with Gasteiger partial charge in [0.2, 0.25) is 5.91 Å². The summed E-state index contributed by atoms with van der Waals surface area (Å²) in [4.78, 5) is 25.6. The molecular weight excluding hydrogens is 477 g/mol. The minimum absolute atomic E-state index is 0.261. The monoisotopic (exact) mass is 508 g/mol. The van der Waals surface area contributed by atoms with Gasteiger partial charge in [0.05, 0.1) is 0 Å². The molecule has 5 nitrogen and oxygen atoms in total. The maximum absolute atomic E-state index is 12.6. The summed E-state index contributed by atoms with van der Waals surface area (Å²) in [5, 5.41) is 12.6. The summed E-state index contributed by atoms with van der Waals surface area (Å²) in [6.07, 6.45) is 2.76. The van der Waals surface area contributed by atoms with E-state index in [1.165, 1.54) is 35.3 Å². The van der Waals surface area contributed by atoms with Crippen molar-refractivity contribution in [2.75, 3.05) is 13.1 Å². The first-order chi connectivity index (χ1) is 16.7. The number of rotatable bonds is 5. The number of hydrogen-bond donors (Lipinski definition) is 2. The number of carbonyl (C=O) groups excluding carboxylic acids is 1. The number of benzene rings is 1. The van der Waals surface area contributed by atoms with E-state index in [4.69, 9.17) is 9.90 Å². The zero-order valence-corrected chi connectivity index (χ0v) is 20.3. The number of thiophene rings is 1. The lowest BCUT2D eigenvalue weighted by atomic mass is 9.73. The van der Waals surface area contributed by atoms with Crippen molar-refractivity contribution in [3.8, 4) is 0 Å². The maximum atomic E-state index is 12.6. The number of aliphatic carboxylic acids is 1. The van der Waals surface area contributed by atoms with Crippen LogP contribution in [0.3, 0.4) is 0 Å². The third kappa shape index (κ3) is 6.25. The number of amides is 1. The van der Waals surface area contributed by atoms with Gasteiger partial charge in [-0.2, -0.15) is 13.2 Å². The lowest BCUT2D eigenvalue weighted by Gasteiger charge is -2.40. The average Bonchev–Trinajstić information content (AvgIpc) is 3.40. The van der Waals surface area contributed by atoms with Crippen molar-refractivity contribution in [3.63, 3.8) is 0 Å². The molecule has 1 atom stereocenters. The summed E-state index contributed by atoms with van der Waals surface area (Å²) in [6, 6.07) is 13.8. The molecule has 1 aliphatic heterocycles. The number of fused-ring (bicyclic) bond motifs is 2. The largest absolute Gasteiger partial charge is 0.490 e. The Balaban J connectivity index is 0.000000364. The minimum Gasteiger partial charge on any atom is -0.475 e. The van der Waals surface area contributed by atoms with E-state index in [1.54, 1.807) is 0 Å². The van der Waals surface area contributed by atoms with Crippen LogP contribution in [0, 0.1) is 0 Å². The molecule has 2 N–H and O–H groups in total. The zero-order chi connectivity index (χ0) is 25.1. The predicted octanol–water partition coefficient (Wildman–Crippen LogP) is 5.46. The fraction of sp³-hybridized carbons (Fsp3) is 0.538. The molecular formula is C26H31F3N2O3S. The van der Waals surface area contributed by atoms with Gasteiger partial charge in [-0.05, 0) is 85.5 Å². The van der Waals surface area contributed by atoms with Crippen molar-refractivity contribution in [2.45, 2.75) is 75.0 Å². The van der Waals surface area contributed by atoms with Crippen molar-refractivity contribution in [1.29, 1.82) is 0 Å². The lowest BCUT2D eigenvalue weighted by Crippen LogP contribution is -2.41. The standard InChI is InChI=1S/C24H30N2OS.C2HF3O2/c27-23(25-19-5-3-6-19)15-18-16-24(22-9-2-1-8-21(18)22)10-12-26(13-11-24)17-20-7-4-14-28-20;3-2(4,5)1(6)7/h1-2,4,7-9,14,18-19H,3,5-6,10-13,15-17H2,(H,25,27);(H,6,7). The number of nitrogens with one attached hydrogen (secondary N) is 1. The quantitative estimate of drug-likeness (QED) is 0.563. The SMILES string of the molecule is O=C(CC1CC2(CCN(Cc3cccs3)CC2)c2ccccc21)NC1CCC1.O=C(O)C(F)(F)F. The van der Waals surface area contributed by atoms with Crippen LogP contribution in [-0.4, -0.2) is 47.2 Å². The first-order valence-electron chi connectivity index (χ1n) is 12.1. The van der Waals surface area contributed by atoms with Crippen molar-refractivity contribution < 1.29 is 27.9 Å². The summed E-state index contributed by atoms with van der Waals surface area (Å²) in [6.45, 7) is 3.41. The number of alkyl halides is 3. The number of halogens is 3. The molecule has 9 heteroatoms. The van der Waals surface area contributed by atoms with Crippen LogP contribution in [0.2, 0.25) is 0 Å². The second-order valence-corrected chi connectivity index (χ2v) is 10.9. The molecule has 3 aliphatic rings. The first kappa shape index (κ1) is 25.7. The van der Waals surface area contributed by atoms with E-state index in [9.17, 15) is 18.0 Å². The highest BCUT2D eigenvalue weighted by molar-refractivity contribution is 7.09. The molecule has 1 aromatic carbocycles. The predicted molar refractivity (Wildman–Crippen MR) is 128 cm³/mol. The van der Waals surface area contributed by atoms with Gasteiger partial charge in [-0.1, -0.05) is 30.3 Å². The topological polar surface area (TPSA) is 69.6 Å². The molecule has 1 saturated heterocycles. The van der Waals surface area contributed by atoms with E-state index >= 15 is 0 Å². The Morgan fingerprint density at radius 2 is 1.80 bits per heavy atom. The molecule has 1 spiro atoms. The highest BCUT2D eigenvalue weighted by Gasteiger charge is 2.45. The number of piperidine rings is 1. The minimum atomic E-state index is -5.08. The summed E-state index contributed by atoms with van der Waals surface area (Å²) < 4.78 is 31.7. The molecule has 2 heterocycles. The molecule has 35 heavy (non-hydrogen) atoms. The molecule has 5 rings (SSSR count). The van der Waals surface area contributed by atoms with E-state index in [2.05, 4.69) is 52.0 Å². The number of carboxylic acids is 1. The molecule has 1 unspecified atom stereocenters. The Morgan fingerprint density at radius 1 is 1.11 bits per heavy atom. The van der Waals surface area contributed by atoms with Crippen molar-refractivity contribution in [3.05, 3.63) is 57.8 Å². The van der Waals surface area contributed by atoms with Gasteiger partial charge in [0.1, 0.15) is 0 Å². The Kier molecular flexibility index (Phi) is 7.86. The van der Waals surface area contributed by atoms with Crippen LogP contribution in [0.5, 0.6) is 0 Å². The highest BCUT2D eigenvalue weighted by atomic mass is 32.1. The fourth-order valence-corrected chi connectivity index (χ4v) is 6.25. The van der Waals surface area contributed by atoms with Crippen LogP contribution >= 0.6 is 11.3 Å². The molecule has 0 bridgehead atoms. The van der Waals surface area contributed by atoms with Gasteiger partial charge in [0, 0.05) is 23.9 Å². The van der Waals surface area contributed by atoms with Crippen LogP contribution in [0.4, 0.5) is 13.2 Å². The van der Waals surface area contributed by atoms with Crippen molar-refractivity contribution in [2.24, 2.45) is 0 Å². The number of likely N-dealkylation sites (tertiary alicyclic amines) is 1. The summed E-state index contributed by atoms with van der Waals surface area (Å²) in [7, 11) is 0. The van der Waals surface area contributed by atoms with Crippen molar-refractivity contribution >= 4 is 23.2 Å². The van der Waals surface area contributed by atoms with Crippen LogP contribution in [0.1, 0.15) is 66.9 Å². The third-order valence-electron chi connectivity index (χ3n) is 7.53. The van der Waals surface area contributed by atoms with Gasteiger partial charge < -0.3 is 10.4 Å². The molecule has 190 valence electrons. The van der Waals surface area contributed by atoms with Gasteiger partial charge >= 0.3 is 12.1 Å². The second kappa shape index (κ2) is 10.7. The second-order valence-electron chi connectivity index (χ2n) is 9.83. The number of carboxylic acid groups (broad SMARTS) is 1. The smallest absolute Gasteiger partial charge is 0.475 e.